The van der Waals surface area contributed by atoms with Crippen LogP contribution >= 0.6 is 23.1 Å². The summed E-state index contributed by atoms with van der Waals surface area (Å²) >= 11 is 3.37. The van der Waals surface area contributed by atoms with Crippen LogP contribution in [0.3, 0.4) is 0 Å². The van der Waals surface area contributed by atoms with Gasteiger partial charge in [0.2, 0.25) is 5.91 Å². The number of thioether (sulfide) groups is 1. The first-order valence-corrected chi connectivity index (χ1v) is 13.8. The van der Waals surface area contributed by atoms with Crippen LogP contribution in [0.1, 0.15) is 87.4 Å². The Hall–Kier alpha value is -1.60. The van der Waals surface area contributed by atoms with E-state index in [-0.39, 0.29) is 5.91 Å². The molecule has 5 nitrogen and oxygen atoms in total. The molecule has 0 saturated heterocycles. The van der Waals surface area contributed by atoms with Crippen LogP contribution in [0.25, 0.3) is 0 Å². The van der Waals surface area contributed by atoms with Gasteiger partial charge in [0.05, 0.1) is 5.75 Å². The molecule has 0 aliphatic heterocycles. The van der Waals surface area contributed by atoms with Gasteiger partial charge in [0.1, 0.15) is 5.82 Å². The van der Waals surface area contributed by atoms with Crippen LogP contribution in [0.4, 0.5) is 0 Å². The fraction of sp³-hybridized carbons (Fsp3) is 0.625. The maximum Gasteiger partial charge on any atom is 0.237 e. The predicted octanol–water partition coefficient (Wildman–Crippen LogP) is 5.98. The smallest absolute Gasteiger partial charge is 0.237 e. The minimum atomic E-state index is 0.249. The molecule has 2 fully saturated rings. The highest BCUT2D eigenvalue weighted by atomic mass is 32.2. The Balaban J connectivity index is 1.32. The summed E-state index contributed by atoms with van der Waals surface area (Å²) in [5, 5.41) is 12.2. The Kier molecular flexibility index (Phi) is 6.79. The molecule has 7 heteroatoms. The molecule has 2 heterocycles. The summed E-state index contributed by atoms with van der Waals surface area (Å²) in [6, 6.07) is 5.17. The van der Waals surface area contributed by atoms with Gasteiger partial charge in [-0.3, -0.25) is 4.79 Å². The normalized spacial score (nSPS) is 19.9. The van der Waals surface area contributed by atoms with Crippen molar-refractivity contribution < 1.29 is 4.79 Å². The summed E-state index contributed by atoms with van der Waals surface area (Å²) in [5.74, 6) is 1.76. The van der Waals surface area contributed by atoms with Crippen molar-refractivity contribution in [2.75, 3.05) is 5.75 Å². The fourth-order valence-electron chi connectivity index (χ4n) is 4.97. The lowest BCUT2D eigenvalue weighted by Gasteiger charge is -2.28. The highest BCUT2D eigenvalue weighted by Crippen LogP contribution is 2.36. The summed E-state index contributed by atoms with van der Waals surface area (Å²) in [7, 11) is 0. The largest absolute Gasteiger partial charge is 0.313 e. The van der Waals surface area contributed by atoms with Crippen LogP contribution in [-0.2, 0) is 11.2 Å². The SMILES string of the molecule is O=C(CSc1nnc(Cc2cccs2)n1C1CCCCC1)N(C1=CCCCC1)C1CC1. The van der Waals surface area contributed by atoms with Gasteiger partial charge in [-0.15, -0.1) is 21.5 Å². The van der Waals surface area contributed by atoms with E-state index < -0.39 is 0 Å². The summed E-state index contributed by atoms with van der Waals surface area (Å²) < 4.78 is 2.37. The molecule has 0 unspecified atom stereocenters. The standard InChI is InChI=1S/C24H32N4OS2/c29-23(27(20-13-14-20)18-8-3-1-4-9-18)17-31-24-26-25-22(16-21-12-7-15-30-21)28(24)19-10-5-2-6-11-19/h7-8,12,15,19-20H,1-6,9-11,13-14,16-17H2. The molecular weight excluding hydrogens is 424 g/mol. The molecule has 3 aliphatic carbocycles. The van der Waals surface area contributed by atoms with Crippen molar-refractivity contribution in [2.45, 2.75) is 94.3 Å². The van der Waals surface area contributed by atoms with Crippen molar-refractivity contribution in [2.24, 2.45) is 0 Å². The van der Waals surface area contributed by atoms with Crippen LogP contribution in [0.15, 0.2) is 34.4 Å². The maximum atomic E-state index is 13.3. The van der Waals surface area contributed by atoms with Crippen molar-refractivity contribution in [3.8, 4) is 0 Å². The van der Waals surface area contributed by atoms with Crippen molar-refractivity contribution in [1.82, 2.24) is 19.7 Å². The number of hydrogen-bond donors (Lipinski definition) is 0. The molecule has 31 heavy (non-hydrogen) atoms. The van der Waals surface area contributed by atoms with E-state index in [0.717, 1.165) is 43.1 Å². The number of carbonyl (C=O) groups excluding carboxylic acids is 1. The zero-order chi connectivity index (χ0) is 21.0. The molecule has 0 atom stereocenters. The van der Waals surface area contributed by atoms with Gasteiger partial charge in [0.25, 0.3) is 0 Å². The number of carbonyl (C=O) groups is 1. The minimum Gasteiger partial charge on any atom is -0.313 e. The summed E-state index contributed by atoms with van der Waals surface area (Å²) in [6.07, 6.45) is 16.3. The summed E-state index contributed by atoms with van der Waals surface area (Å²) in [4.78, 5) is 16.7. The van der Waals surface area contributed by atoms with E-state index in [1.165, 1.54) is 55.5 Å². The highest BCUT2D eigenvalue weighted by Gasteiger charge is 2.35. The molecule has 0 bridgehead atoms. The third kappa shape index (κ3) is 5.08. The first-order valence-electron chi connectivity index (χ1n) is 11.9. The van der Waals surface area contributed by atoms with Crippen LogP contribution in [0.5, 0.6) is 0 Å². The zero-order valence-corrected chi connectivity index (χ0v) is 19.8. The number of thiophene rings is 1. The number of nitrogens with zero attached hydrogens (tertiary/aromatic N) is 4. The average Bonchev–Trinajstić information content (AvgIpc) is 3.34. The number of rotatable bonds is 8. The van der Waals surface area contributed by atoms with E-state index in [9.17, 15) is 4.79 Å². The molecule has 3 aliphatic rings. The van der Waals surface area contributed by atoms with Crippen molar-refractivity contribution in [3.05, 3.63) is 40.0 Å². The van der Waals surface area contributed by atoms with E-state index in [1.54, 1.807) is 23.1 Å². The topological polar surface area (TPSA) is 51.0 Å². The molecule has 0 spiro atoms. The molecule has 1 amide bonds. The first kappa shape index (κ1) is 21.3. The van der Waals surface area contributed by atoms with Gasteiger partial charge in [0, 0.05) is 29.1 Å². The molecule has 0 N–H and O–H groups in total. The third-order valence-electron chi connectivity index (χ3n) is 6.67. The number of amides is 1. The Morgan fingerprint density at radius 2 is 2.00 bits per heavy atom. The lowest BCUT2D eigenvalue weighted by molar-refractivity contribution is -0.127. The first-order chi connectivity index (χ1) is 15.3. The van der Waals surface area contributed by atoms with Crippen LogP contribution in [0, 0.1) is 0 Å². The van der Waals surface area contributed by atoms with Crippen molar-refractivity contribution in [3.63, 3.8) is 0 Å². The van der Waals surface area contributed by atoms with Gasteiger partial charge in [-0.25, -0.2) is 0 Å². The summed E-state index contributed by atoms with van der Waals surface area (Å²) in [5.41, 5.74) is 1.27. The van der Waals surface area contributed by atoms with Gasteiger partial charge in [-0.2, -0.15) is 0 Å². The molecular formula is C24H32N4OS2. The zero-order valence-electron chi connectivity index (χ0n) is 18.2. The van der Waals surface area contributed by atoms with Gasteiger partial charge < -0.3 is 9.47 Å². The van der Waals surface area contributed by atoms with Crippen molar-refractivity contribution in [1.29, 1.82) is 0 Å². The van der Waals surface area contributed by atoms with E-state index in [2.05, 4.69) is 43.3 Å². The predicted molar refractivity (Wildman–Crippen MR) is 126 cm³/mol. The van der Waals surface area contributed by atoms with Crippen molar-refractivity contribution >= 4 is 29.0 Å². The molecule has 5 rings (SSSR count). The number of allylic oxidation sites excluding steroid dienone is 2. The van der Waals surface area contributed by atoms with Crippen LogP contribution < -0.4 is 0 Å². The average molecular weight is 457 g/mol. The molecule has 166 valence electrons. The van der Waals surface area contributed by atoms with E-state index in [1.807, 2.05) is 0 Å². The second-order valence-corrected chi connectivity index (χ2v) is 11.0. The third-order valence-corrected chi connectivity index (χ3v) is 8.47. The number of aromatic nitrogens is 3. The monoisotopic (exact) mass is 456 g/mol. The lowest BCUT2D eigenvalue weighted by Crippen LogP contribution is -2.34. The Morgan fingerprint density at radius 3 is 2.71 bits per heavy atom. The Labute approximate surface area is 193 Å². The van der Waals surface area contributed by atoms with Gasteiger partial charge in [0.15, 0.2) is 5.16 Å². The molecule has 0 radical (unpaired) electrons. The van der Waals surface area contributed by atoms with E-state index in [0.29, 0.717) is 17.8 Å². The van der Waals surface area contributed by atoms with Gasteiger partial charge >= 0.3 is 0 Å². The fourth-order valence-corrected chi connectivity index (χ4v) is 6.55. The molecule has 0 aromatic carbocycles. The van der Waals surface area contributed by atoms with Crippen LogP contribution in [0.2, 0.25) is 0 Å². The van der Waals surface area contributed by atoms with E-state index in [4.69, 9.17) is 0 Å². The molecule has 2 saturated carbocycles. The molecule has 2 aromatic rings. The van der Waals surface area contributed by atoms with Gasteiger partial charge in [-0.05, 0) is 62.8 Å². The second kappa shape index (κ2) is 9.90. The maximum absolute atomic E-state index is 13.3. The van der Waals surface area contributed by atoms with E-state index >= 15 is 0 Å². The second-order valence-electron chi connectivity index (χ2n) is 9.04. The Morgan fingerprint density at radius 1 is 1.13 bits per heavy atom. The summed E-state index contributed by atoms with van der Waals surface area (Å²) in [6.45, 7) is 0. The number of hydrogen-bond acceptors (Lipinski definition) is 5. The highest BCUT2D eigenvalue weighted by molar-refractivity contribution is 7.99. The molecule has 2 aromatic heterocycles. The van der Waals surface area contributed by atoms with Crippen LogP contribution in [-0.4, -0.2) is 37.4 Å². The quantitative estimate of drug-likeness (QED) is 0.459. The minimum absolute atomic E-state index is 0.249. The Bertz CT molecular complexity index is 910. The van der Waals surface area contributed by atoms with Gasteiger partial charge in [-0.1, -0.05) is 43.2 Å². The lowest BCUT2D eigenvalue weighted by atomic mass is 9.95.